The fourth-order valence-electron chi connectivity index (χ4n) is 1.49. The van der Waals surface area contributed by atoms with Crippen LogP contribution in [0.4, 0.5) is 0 Å². The van der Waals surface area contributed by atoms with E-state index in [4.69, 9.17) is 10.00 Å². The molecule has 0 unspecified atom stereocenters. The maximum absolute atomic E-state index is 11.6. The lowest BCUT2D eigenvalue weighted by atomic mass is 10.2. The molecule has 6 nitrogen and oxygen atoms in total. The highest BCUT2D eigenvalue weighted by Gasteiger charge is 2.05. The van der Waals surface area contributed by atoms with E-state index in [2.05, 4.69) is 15.5 Å². The molecule has 1 N–H and O–H groups in total. The molecule has 1 aromatic carbocycles. The van der Waals surface area contributed by atoms with Gasteiger partial charge in [0.05, 0.1) is 11.8 Å². The topological polar surface area (TPSA) is 87.4 Å². The van der Waals surface area contributed by atoms with Crippen molar-refractivity contribution in [3.8, 4) is 11.8 Å². The van der Waals surface area contributed by atoms with E-state index in [0.717, 1.165) is 5.56 Å². The maximum atomic E-state index is 11.6. The van der Waals surface area contributed by atoms with Gasteiger partial charge < -0.3 is 4.74 Å². The predicted octanol–water partition coefficient (Wildman–Crippen LogP) is 1.48. The average Bonchev–Trinajstić information content (AvgIpc) is 2.54. The number of nitrogens with one attached hydrogen (secondary N) is 1. The molecule has 21 heavy (non-hydrogen) atoms. The van der Waals surface area contributed by atoms with E-state index < -0.39 is 5.91 Å². The number of carbonyl (C=O) groups is 1. The number of carbonyl (C=O) groups excluding carboxylic acids is 1. The van der Waals surface area contributed by atoms with Crippen molar-refractivity contribution in [1.29, 1.82) is 5.26 Å². The van der Waals surface area contributed by atoms with E-state index in [1.165, 1.54) is 6.21 Å². The lowest BCUT2D eigenvalue weighted by molar-refractivity contribution is -0.123. The van der Waals surface area contributed by atoms with Crippen LogP contribution in [-0.4, -0.2) is 23.7 Å². The summed E-state index contributed by atoms with van der Waals surface area (Å²) in [4.78, 5) is 15.5. The fraction of sp³-hybridized carbons (Fsp3) is 0.0667. The highest BCUT2D eigenvalue weighted by molar-refractivity contribution is 5.82. The Morgan fingerprint density at radius 3 is 3.00 bits per heavy atom. The minimum atomic E-state index is -0.414. The van der Waals surface area contributed by atoms with Gasteiger partial charge in [0.15, 0.2) is 6.61 Å². The van der Waals surface area contributed by atoms with Gasteiger partial charge in [-0.2, -0.15) is 10.4 Å². The Labute approximate surface area is 121 Å². The van der Waals surface area contributed by atoms with E-state index in [0.29, 0.717) is 11.3 Å². The standard InChI is InChI=1S/C15H12N4O2/c16-8-13-5-1-2-6-14(13)21-11-15(20)19-18-10-12-4-3-7-17-9-12/h1-7,9-10H,11H2,(H,19,20)/b18-10+. The van der Waals surface area contributed by atoms with Crippen LogP contribution in [0, 0.1) is 11.3 Å². The number of rotatable bonds is 5. The molecule has 1 heterocycles. The van der Waals surface area contributed by atoms with Crippen molar-refractivity contribution in [3.05, 3.63) is 59.9 Å². The molecule has 0 aliphatic carbocycles. The van der Waals surface area contributed by atoms with Crippen molar-refractivity contribution in [2.45, 2.75) is 0 Å². The van der Waals surface area contributed by atoms with Crippen LogP contribution < -0.4 is 10.2 Å². The Morgan fingerprint density at radius 2 is 2.24 bits per heavy atom. The summed E-state index contributed by atoms with van der Waals surface area (Å²) in [6.45, 7) is -0.219. The molecule has 0 aliphatic rings. The minimum Gasteiger partial charge on any atom is -0.482 e. The number of hydrogen-bond acceptors (Lipinski definition) is 5. The maximum Gasteiger partial charge on any atom is 0.277 e. The molecule has 0 aliphatic heterocycles. The van der Waals surface area contributed by atoms with Crippen LogP contribution in [0.1, 0.15) is 11.1 Å². The Balaban J connectivity index is 1.83. The summed E-state index contributed by atoms with van der Waals surface area (Å²) in [5, 5.41) is 12.7. The lowest BCUT2D eigenvalue weighted by Gasteiger charge is -2.06. The third-order valence-electron chi connectivity index (χ3n) is 2.45. The second kappa shape index (κ2) is 7.40. The Bertz CT molecular complexity index is 678. The second-order valence-electron chi connectivity index (χ2n) is 3.98. The highest BCUT2D eigenvalue weighted by Crippen LogP contribution is 2.15. The van der Waals surface area contributed by atoms with Gasteiger partial charge in [-0.1, -0.05) is 18.2 Å². The van der Waals surface area contributed by atoms with Gasteiger partial charge in [-0.15, -0.1) is 0 Å². The number of ether oxygens (including phenoxy) is 1. The first-order chi connectivity index (χ1) is 10.3. The molecule has 2 aromatic rings. The number of para-hydroxylation sites is 1. The van der Waals surface area contributed by atoms with Crippen molar-refractivity contribution in [2.75, 3.05) is 6.61 Å². The van der Waals surface area contributed by atoms with Crippen molar-refractivity contribution in [3.63, 3.8) is 0 Å². The van der Waals surface area contributed by atoms with Gasteiger partial charge in [-0.25, -0.2) is 5.43 Å². The van der Waals surface area contributed by atoms with Gasteiger partial charge in [-0.3, -0.25) is 9.78 Å². The summed E-state index contributed by atoms with van der Waals surface area (Å²) in [5.41, 5.74) is 3.48. The molecule has 0 radical (unpaired) electrons. The lowest BCUT2D eigenvalue weighted by Crippen LogP contribution is -2.24. The van der Waals surface area contributed by atoms with Gasteiger partial charge in [0.25, 0.3) is 5.91 Å². The zero-order chi connectivity index (χ0) is 14.9. The predicted molar refractivity (Wildman–Crippen MR) is 76.6 cm³/mol. The number of benzene rings is 1. The summed E-state index contributed by atoms with van der Waals surface area (Å²) < 4.78 is 5.27. The number of nitrogens with zero attached hydrogens (tertiary/aromatic N) is 3. The Hall–Kier alpha value is -3.20. The molecule has 1 aromatic heterocycles. The molecule has 104 valence electrons. The first-order valence-corrected chi connectivity index (χ1v) is 6.13. The monoisotopic (exact) mass is 280 g/mol. The molecule has 1 amide bonds. The molecule has 2 rings (SSSR count). The second-order valence-corrected chi connectivity index (χ2v) is 3.98. The van der Waals surface area contributed by atoms with Gasteiger partial charge in [0, 0.05) is 18.0 Å². The number of nitriles is 1. The number of amides is 1. The molecular formula is C15H12N4O2. The molecular weight excluding hydrogens is 268 g/mol. The van der Waals surface area contributed by atoms with E-state index in [1.54, 1.807) is 42.7 Å². The zero-order valence-electron chi connectivity index (χ0n) is 11.1. The SMILES string of the molecule is N#Cc1ccccc1OCC(=O)N/N=C/c1cccnc1. The fourth-order valence-corrected chi connectivity index (χ4v) is 1.49. The zero-order valence-corrected chi connectivity index (χ0v) is 11.1. The normalized spacial score (nSPS) is 10.0. The molecule has 0 bridgehead atoms. The number of hydrazone groups is 1. The van der Waals surface area contributed by atoms with Crippen LogP contribution in [0.15, 0.2) is 53.9 Å². The number of hydrogen-bond donors (Lipinski definition) is 1. The van der Waals surface area contributed by atoms with E-state index in [9.17, 15) is 4.79 Å². The van der Waals surface area contributed by atoms with Crippen LogP contribution in [0.25, 0.3) is 0 Å². The molecule has 0 fully saturated rings. The molecule has 6 heteroatoms. The van der Waals surface area contributed by atoms with Crippen LogP contribution >= 0.6 is 0 Å². The Morgan fingerprint density at radius 1 is 1.38 bits per heavy atom. The third-order valence-corrected chi connectivity index (χ3v) is 2.45. The average molecular weight is 280 g/mol. The van der Waals surface area contributed by atoms with E-state index in [1.807, 2.05) is 12.1 Å². The Kier molecular flexibility index (Phi) is 5.01. The number of aromatic nitrogens is 1. The third kappa shape index (κ3) is 4.44. The minimum absolute atomic E-state index is 0.219. The number of pyridine rings is 1. The smallest absolute Gasteiger partial charge is 0.277 e. The summed E-state index contributed by atoms with van der Waals surface area (Å²) in [7, 11) is 0. The summed E-state index contributed by atoms with van der Waals surface area (Å²) in [6.07, 6.45) is 4.75. The van der Waals surface area contributed by atoms with Gasteiger partial charge in [-0.05, 0) is 18.2 Å². The summed E-state index contributed by atoms with van der Waals surface area (Å²) in [5.74, 6) is -0.0470. The quantitative estimate of drug-likeness (QED) is 0.664. The van der Waals surface area contributed by atoms with Crippen molar-refractivity contribution in [1.82, 2.24) is 10.4 Å². The van der Waals surface area contributed by atoms with Crippen molar-refractivity contribution in [2.24, 2.45) is 5.10 Å². The van der Waals surface area contributed by atoms with Crippen molar-refractivity contribution < 1.29 is 9.53 Å². The highest BCUT2D eigenvalue weighted by atomic mass is 16.5. The van der Waals surface area contributed by atoms with Crippen LogP contribution in [0.3, 0.4) is 0 Å². The van der Waals surface area contributed by atoms with E-state index >= 15 is 0 Å². The largest absolute Gasteiger partial charge is 0.482 e. The molecule has 0 atom stereocenters. The molecule has 0 saturated carbocycles. The van der Waals surface area contributed by atoms with Crippen LogP contribution in [0.2, 0.25) is 0 Å². The van der Waals surface area contributed by atoms with Crippen molar-refractivity contribution >= 4 is 12.1 Å². The van der Waals surface area contributed by atoms with Gasteiger partial charge in [0.1, 0.15) is 11.8 Å². The van der Waals surface area contributed by atoms with E-state index in [-0.39, 0.29) is 6.61 Å². The van der Waals surface area contributed by atoms with Gasteiger partial charge >= 0.3 is 0 Å². The van der Waals surface area contributed by atoms with Crippen LogP contribution in [0.5, 0.6) is 5.75 Å². The molecule has 0 saturated heterocycles. The summed E-state index contributed by atoms with van der Waals surface area (Å²) in [6, 6.07) is 12.3. The first-order valence-electron chi connectivity index (χ1n) is 6.13. The molecule has 0 spiro atoms. The first kappa shape index (κ1) is 14.2. The van der Waals surface area contributed by atoms with Crippen LogP contribution in [-0.2, 0) is 4.79 Å². The summed E-state index contributed by atoms with van der Waals surface area (Å²) >= 11 is 0. The van der Waals surface area contributed by atoms with Gasteiger partial charge in [0.2, 0.25) is 0 Å².